The minimum Gasteiger partial charge on any atom is -0.421 e. The van der Waals surface area contributed by atoms with Crippen LogP contribution in [0.1, 0.15) is 59.3 Å². The number of sulfonamides is 4. The van der Waals surface area contributed by atoms with Crippen molar-refractivity contribution >= 4 is 47.4 Å². The van der Waals surface area contributed by atoms with Crippen molar-refractivity contribution in [2.45, 2.75) is 87.9 Å². The van der Waals surface area contributed by atoms with Crippen LogP contribution in [-0.4, -0.2) is 80.4 Å². The van der Waals surface area contributed by atoms with Crippen LogP contribution < -0.4 is 4.57 Å². The molecular formula is C23H36F12N3O8PS4. The topological polar surface area (TPSA) is 169 Å². The number of aromatic nitrogens is 1. The first-order valence-corrected chi connectivity index (χ1v) is 22.5. The van der Waals surface area contributed by atoms with Crippen molar-refractivity contribution in [3.05, 3.63) is 38.8 Å². The minimum absolute atomic E-state index is 0.615. The molecule has 304 valence electrons. The van der Waals surface area contributed by atoms with Crippen LogP contribution in [0.3, 0.4) is 0 Å². The van der Waals surface area contributed by atoms with Crippen LogP contribution in [0, 0.1) is 0 Å². The van der Waals surface area contributed by atoms with Gasteiger partial charge in [0, 0.05) is 25.8 Å². The van der Waals surface area contributed by atoms with Crippen LogP contribution in [0.25, 0.3) is 8.25 Å². The summed E-state index contributed by atoms with van der Waals surface area (Å²) < 4.78 is 221. The predicted octanol–water partition coefficient (Wildman–Crippen LogP) is 7.51. The Morgan fingerprint density at radius 3 is 1.02 bits per heavy atom. The van der Waals surface area contributed by atoms with E-state index in [0.717, 1.165) is 8.25 Å². The lowest BCUT2D eigenvalue weighted by Gasteiger charge is -2.27. The first-order chi connectivity index (χ1) is 22.7. The molecule has 0 aliphatic heterocycles. The molecule has 0 atom stereocenters. The summed E-state index contributed by atoms with van der Waals surface area (Å²) in [4.78, 5) is 0. The molecule has 1 rings (SSSR count). The molecular weight excluding hydrogens is 833 g/mol. The second kappa shape index (κ2) is 20.2. The van der Waals surface area contributed by atoms with E-state index in [1.807, 2.05) is 0 Å². The third-order valence-corrected chi connectivity index (χ3v) is 16.9. The molecule has 1 aromatic rings. The molecule has 0 aliphatic carbocycles. The van der Waals surface area contributed by atoms with E-state index in [1.165, 1.54) is 45.1 Å². The average Bonchev–Trinajstić information content (AvgIpc) is 2.91. The quantitative estimate of drug-likeness (QED) is 0.0712. The molecule has 0 saturated heterocycles. The zero-order valence-corrected chi connectivity index (χ0v) is 31.0. The standard InChI is InChI=1S/C19H36NP.2C2F6NO4S2/c1-4-16-21(17-5-2,18-6-3)19-12-8-11-15-20-13-9-7-10-14-20;2*3-1(4,5)14(10,11)9-15(12,13)2(6,7)8/h7,9-10,13-14H,4-6,8,11-12,15-19H2,1-3H3;;/q+2;2*-1. The third-order valence-electron chi connectivity index (χ3n) is 5.98. The van der Waals surface area contributed by atoms with Gasteiger partial charge < -0.3 is 8.25 Å². The van der Waals surface area contributed by atoms with Crippen LogP contribution in [0.2, 0.25) is 0 Å². The van der Waals surface area contributed by atoms with Gasteiger partial charge in [-0.25, -0.2) is 38.2 Å². The molecule has 11 nitrogen and oxygen atoms in total. The Kier molecular flexibility index (Phi) is 20.5. The summed E-state index contributed by atoms with van der Waals surface area (Å²) in [7, 11) is -27.5. The fraction of sp³-hybridized carbons (Fsp3) is 0.783. The molecule has 0 radical (unpaired) electrons. The third kappa shape index (κ3) is 18.4. The van der Waals surface area contributed by atoms with Crippen LogP contribution in [0.5, 0.6) is 0 Å². The van der Waals surface area contributed by atoms with E-state index in [9.17, 15) is 86.4 Å². The summed E-state index contributed by atoms with van der Waals surface area (Å²) in [5.74, 6) is 0. The van der Waals surface area contributed by atoms with E-state index in [0.29, 0.717) is 0 Å². The smallest absolute Gasteiger partial charge is 0.421 e. The highest BCUT2D eigenvalue weighted by Crippen LogP contribution is 2.60. The van der Waals surface area contributed by atoms with Gasteiger partial charge in [0.25, 0.3) is 0 Å². The maximum Gasteiger partial charge on any atom is 0.480 e. The van der Waals surface area contributed by atoms with Crippen molar-refractivity contribution in [3.8, 4) is 0 Å². The van der Waals surface area contributed by atoms with Gasteiger partial charge in [-0.2, -0.15) is 52.7 Å². The maximum absolute atomic E-state index is 11.4. The number of aryl methyl sites for hydroxylation is 1. The highest BCUT2D eigenvalue weighted by molar-refractivity contribution is 8.13. The minimum atomic E-state index is -6.72. The van der Waals surface area contributed by atoms with Crippen molar-refractivity contribution in [1.29, 1.82) is 0 Å². The van der Waals surface area contributed by atoms with Gasteiger partial charge in [-0.3, -0.25) is 0 Å². The number of nitrogens with zero attached hydrogens (tertiary/aromatic N) is 3. The molecule has 0 spiro atoms. The SMILES string of the molecule is CCC[P+](CCC)(CCC)CCCCC[n+]1ccccc1.O=S(=O)([N-]S(=O)(=O)C(F)(F)F)C(F)(F)F.O=S(=O)([N-]S(=O)(=O)C(F)(F)F)C(F)(F)F. The summed E-state index contributed by atoms with van der Waals surface area (Å²) in [5, 5.41) is 0. The number of halogens is 12. The van der Waals surface area contributed by atoms with Crippen LogP contribution in [0.4, 0.5) is 52.7 Å². The number of rotatable bonds is 16. The Hall–Kier alpha value is -1.54. The van der Waals surface area contributed by atoms with E-state index in [2.05, 4.69) is 55.9 Å². The molecule has 1 aromatic heterocycles. The second-order valence-electron chi connectivity index (χ2n) is 10.2. The van der Waals surface area contributed by atoms with Crippen molar-refractivity contribution in [1.82, 2.24) is 0 Å². The zero-order chi connectivity index (χ0) is 40.8. The van der Waals surface area contributed by atoms with Gasteiger partial charge in [-0.15, -0.1) is 0 Å². The van der Waals surface area contributed by atoms with E-state index in [4.69, 9.17) is 0 Å². The molecule has 51 heavy (non-hydrogen) atoms. The fourth-order valence-corrected chi connectivity index (χ4v) is 12.5. The normalized spacial score (nSPS) is 13.9. The molecule has 0 aromatic carbocycles. The molecule has 0 amide bonds. The van der Waals surface area contributed by atoms with Gasteiger partial charge >= 0.3 is 22.0 Å². The average molecular weight is 870 g/mol. The lowest BCUT2D eigenvalue weighted by atomic mass is 10.2. The number of unbranched alkanes of at least 4 members (excludes halogenated alkanes) is 2. The van der Waals surface area contributed by atoms with Gasteiger partial charge in [0.15, 0.2) is 52.5 Å². The van der Waals surface area contributed by atoms with E-state index in [1.54, 1.807) is 24.6 Å². The number of hydrogen-bond acceptors (Lipinski definition) is 8. The van der Waals surface area contributed by atoms with Gasteiger partial charge in [0.2, 0.25) is 0 Å². The van der Waals surface area contributed by atoms with Crippen molar-refractivity contribution in [2.75, 3.05) is 24.6 Å². The number of hydrogen-bond donors (Lipinski definition) is 0. The Labute approximate surface area is 289 Å². The Morgan fingerprint density at radius 2 is 0.765 bits per heavy atom. The summed E-state index contributed by atoms with van der Waals surface area (Å²) >= 11 is 0. The lowest BCUT2D eigenvalue weighted by molar-refractivity contribution is -0.697. The van der Waals surface area contributed by atoms with Gasteiger partial charge in [0.05, 0.1) is 24.6 Å². The summed E-state index contributed by atoms with van der Waals surface area (Å²) in [6.45, 7) is 8.33. The second-order valence-corrected chi connectivity index (χ2v) is 21.6. The molecule has 28 heteroatoms. The molecule has 0 bridgehead atoms. The summed E-state index contributed by atoms with van der Waals surface area (Å²) in [6.07, 6.45) is 18.9. The molecule has 0 aliphatic rings. The molecule has 0 N–H and O–H groups in total. The van der Waals surface area contributed by atoms with E-state index < -0.39 is 69.4 Å². The highest BCUT2D eigenvalue weighted by Gasteiger charge is 2.48. The summed E-state index contributed by atoms with van der Waals surface area (Å²) in [5.41, 5.74) is -24.8. The van der Waals surface area contributed by atoms with Gasteiger partial charge in [0.1, 0.15) is 6.54 Å². The lowest BCUT2D eigenvalue weighted by Crippen LogP contribution is -2.32. The van der Waals surface area contributed by atoms with Crippen molar-refractivity contribution in [3.63, 3.8) is 0 Å². The predicted molar refractivity (Wildman–Crippen MR) is 164 cm³/mol. The van der Waals surface area contributed by atoms with Crippen molar-refractivity contribution in [2.24, 2.45) is 0 Å². The number of pyridine rings is 1. The number of alkyl halides is 12. The van der Waals surface area contributed by atoms with Crippen LogP contribution in [-0.2, 0) is 46.6 Å². The molecule has 1 heterocycles. The van der Waals surface area contributed by atoms with Gasteiger partial charge in [-0.1, -0.05) is 26.8 Å². The maximum atomic E-state index is 11.4. The monoisotopic (exact) mass is 869 g/mol. The Morgan fingerprint density at radius 1 is 0.471 bits per heavy atom. The van der Waals surface area contributed by atoms with E-state index in [-0.39, 0.29) is 0 Å². The van der Waals surface area contributed by atoms with Crippen LogP contribution >= 0.6 is 7.26 Å². The highest BCUT2D eigenvalue weighted by atomic mass is 32.3. The molecule has 0 saturated carbocycles. The first kappa shape index (κ1) is 51.6. The van der Waals surface area contributed by atoms with E-state index >= 15 is 0 Å². The largest absolute Gasteiger partial charge is 0.480 e. The Bertz CT molecular complexity index is 1430. The Balaban J connectivity index is 0. The fourth-order valence-electron chi connectivity index (χ4n) is 4.02. The summed E-state index contributed by atoms with van der Waals surface area (Å²) in [6, 6.07) is 6.34. The molecule has 0 fully saturated rings. The zero-order valence-electron chi connectivity index (χ0n) is 26.9. The van der Waals surface area contributed by atoms with Crippen LogP contribution in [0.15, 0.2) is 30.6 Å². The van der Waals surface area contributed by atoms with Crippen molar-refractivity contribution < 1.29 is 90.9 Å². The first-order valence-electron chi connectivity index (χ1n) is 14.2. The molecule has 0 unspecified atom stereocenters. The van der Waals surface area contributed by atoms with Gasteiger partial charge in [-0.05, 0) is 32.1 Å².